The van der Waals surface area contributed by atoms with Gasteiger partial charge in [0, 0.05) is 12.0 Å². The van der Waals surface area contributed by atoms with Gasteiger partial charge in [-0.25, -0.2) is 0 Å². The normalized spacial score (nSPS) is 14.8. The van der Waals surface area contributed by atoms with E-state index in [1.165, 1.54) is 11.8 Å². The first-order valence-electron chi connectivity index (χ1n) is 10.6. The molecule has 33 heavy (non-hydrogen) atoms. The Morgan fingerprint density at radius 2 is 1.88 bits per heavy atom. The minimum atomic E-state index is -0.813. The fourth-order valence-corrected chi connectivity index (χ4v) is 4.43. The highest BCUT2D eigenvalue weighted by molar-refractivity contribution is 7.98. The molecule has 1 atom stereocenters. The molecule has 0 aliphatic carbocycles. The van der Waals surface area contributed by atoms with Crippen molar-refractivity contribution in [2.24, 2.45) is 0 Å². The van der Waals surface area contributed by atoms with E-state index in [0.717, 1.165) is 21.9 Å². The summed E-state index contributed by atoms with van der Waals surface area (Å²) >= 11 is 1.38. The monoisotopic (exact) mass is 458 g/mol. The molecule has 1 aliphatic rings. The number of methoxy groups -OCH3 is 1. The van der Waals surface area contributed by atoms with Gasteiger partial charge in [-0.05, 0) is 29.2 Å². The van der Waals surface area contributed by atoms with E-state index in [4.69, 9.17) is 9.47 Å². The molecule has 166 valence electrons. The lowest BCUT2D eigenvalue weighted by Crippen LogP contribution is -2.37. The van der Waals surface area contributed by atoms with Crippen LogP contribution in [0.3, 0.4) is 0 Å². The van der Waals surface area contributed by atoms with E-state index in [0.29, 0.717) is 34.6 Å². The second-order valence-corrected chi connectivity index (χ2v) is 8.23. The van der Waals surface area contributed by atoms with Crippen molar-refractivity contribution in [1.29, 1.82) is 0 Å². The number of amides is 1. The van der Waals surface area contributed by atoms with Gasteiger partial charge in [-0.3, -0.25) is 9.69 Å². The number of aromatic nitrogens is 3. The fourth-order valence-electron chi connectivity index (χ4n) is 4.14. The van der Waals surface area contributed by atoms with Crippen molar-refractivity contribution in [3.8, 4) is 22.9 Å². The van der Waals surface area contributed by atoms with Crippen molar-refractivity contribution in [3.05, 3.63) is 66.2 Å². The van der Waals surface area contributed by atoms with Crippen molar-refractivity contribution in [1.82, 2.24) is 15.2 Å². The lowest BCUT2D eigenvalue weighted by Gasteiger charge is -2.32. The number of thioether (sulfide) groups is 1. The van der Waals surface area contributed by atoms with Crippen molar-refractivity contribution in [3.63, 3.8) is 0 Å². The van der Waals surface area contributed by atoms with Crippen LogP contribution in [0.5, 0.6) is 11.6 Å². The number of fused-ring (bicyclic) bond motifs is 4. The van der Waals surface area contributed by atoms with Crippen LogP contribution in [-0.4, -0.2) is 34.5 Å². The van der Waals surface area contributed by atoms with Crippen LogP contribution in [0.25, 0.3) is 22.0 Å². The summed E-state index contributed by atoms with van der Waals surface area (Å²) in [6, 6.07) is 19.5. The third-order valence-electron chi connectivity index (χ3n) is 5.66. The van der Waals surface area contributed by atoms with E-state index >= 15 is 0 Å². The van der Waals surface area contributed by atoms with Crippen molar-refractivity contribution in [2.75, 3.05) is 18.3 Å². The first-order chi connectivity index (χ1) is 16.2. The summed E-state index contributed by atoms with van der Waals surface area (Å²) in [5.41, 5.74) is 2.68. The number of rotatable bonds is 4. The SMILES string of the molecule is CCC(=O)N1c2ccccc2-c2nnc(SC)nc2O[C@@H]1c1c(OC)ccc2ccccc12. The number of benzene rings is 3. The van der Waals surface area contributed by atoms with Gasteiger partial charge >= 0.3 is 0 Å². The molecule has 5 rings (SSSR count). The molecule has 1 aliphatic heterocycles. The zero-order valence-corrected chi connectivity index (χ0v) is 19.3. The Labute approximate surface area is 195 Å². The van der Waals surface area contributed by atoms with E-state index in [9.17, 15) is 4.79 Å². The lowest BCUT2D eigenvalue weighted by atomic mass is 10.0. The molecule has 1 aromatic heterocycles. The Morgan fingerprint density at radius 3 is 2.67 bits per heavy atom. The molecule has 7 nitrogen and oxygen atoms in total. The molecule has 0 unspecified atom stereocenters. The molecule has 0 fully saturated rings. The average Bonchev–Trinajstić information content (AvgIpc) is 3.01. The predicted molar refractivity (Wildman–Crippen MR) is 129 cm³/mol. The van der Waals surface area contributed by atoms with Crippen LogP contribution in [0.4, 0.5) is 5.69 Å². The summed E-state index contributed by atoms with van der Waals surface area (Å²) in [5, 5.41) is 11.1. The first-order valence-corrected chi connectivity index (χ1v) is 11.8. The standard InChI is InChI=1S/C25H22N4O3S/c1-4-20(30)29-18-12-8-7-11-17(18)22-23(26-25(33-3)28-27-22)32-24(29)21-16-10-6-5-9-15(16)13-14-19(21)31-2/h5-14,24H,4H2,1-3H3/t24-/m1/s1. The number of carbonyl (C=O) groups is 1. The molecule has 0 spiro atoms. The summed E-state index contributed by atoms with van der Waals surface area (Å²) in [7, 11) is 1.62. The lowest BCUT2D eigenvalue weighted by molar-refractivity contribution is -0.120. The maximum atomic E-state index is 13.4. The van der Waals surface area contributed by atoms with Gasteiger partial charge in [-0.1, -0.05) is 67.2 Å². The van der Waals surface area contributed by atoms with E-state index in [2.05, 4.69) is 15.2 Å². The van der Waals surface area contributed by atoms with Crippen LogP contribution in [0.2, 0.25) is 0 Å². The molecule has 1 amide bonds. The molecular weight excluding hydrogens is 436 g/mol. The van der Waals surface area contributed by atoms with E-state index in [-0.39, 0.29) is 5.91 Å². The molecule has 3 aromatic carbocycles. The van der Waals surface area contributed by atoms with Gasteiger partial charge in [0.15, 0.2) is 5.69 Å². The van der Waals surface area contributed by atoms with Gasteiger partial charge in [-0.2, -0.15) is 4.98 Å². The third kappa shape index (κ3) is 3.56. The van der Waals surface area contributed by atoms with Crippen LogP contribution in [-0.2, 0) is 4.79 Å². The number of para-hydroxylation sites is 1. The van der Waals surface area contributed by atoms with E-state index in [1.807, 2.05) is 73.8 Å². The second-order valence-electron chi connectivity index (χ2n) is 7.46. The Hall–Kier alpha value is -3.65. The van der Waals surface area contributed by atoms with E-state index < -0.39 is 6.23 Å². The minimum Gasteiger partial charge on any atom is -0.496 e. The fraction of sp³-hybridized carbons (Fsp3) is 0.200. The number of nitrogens with zero attached hydrogens (tertiary/aromatic N) is 4. The van der Waals surface area contributed by atoms with Crippen LogP contribution in [0.15, 0.2) is 65.8 Å². The maximum absolute atomic E-state index is 13.4. The van der Waals surface area contributed by atoms with Crippen molar-refractivity contribution >= 4 is 34.1 Å². The molecule has 0 radical (unpaired) electrons. The Balaban J connectivity index is 1.85. The molecular formula is C25H22N4O3S. The summed E-state index contributed by atoms with van der Waals surface area (Å²) < 4.78 is 12.3. The zero-order valence-electron chi connectivity index (χ0n) is 18.5. The first kappa shape index (κ1) is 21.2. The Bertz CT molecular complexity index is 1360. The topological polar surface area (TPSA) is 77.4 Å². The molecule has 4 aromatic rings. The van der Waals surface area contributed by atoms with Crippen LogP contribution < -0.4 is 14.4 Å². The largest absolute Gasteiger partial charge is 0.496 e. The highest BCUT2D eigenvalue weighted by Gasteiger charge is 2.37. The highest BCUT2D eigenvalue weighted by atomic mass is 32.2. The summed E-state index contributed by atoms with van der Waals surface area (Å²) in [6.45, 7) is 1.84. The van der Waals surface area contributed by atoms with Crippen molar-refractivity contribution in [2.45, 2.75) is 24.7 Å². The maximum Gasteiger partial charge on any atom is 0.247 e. The van der Waals surface area contributed by atoms with Crippen LogP contribution in [0.1, 0.15) is 25.1 Å². The summed E-state index contributed by atoms with van der Waals surface area (Å²) in [4.78, 5) is 19.7. The van der Waals surface area contributed by atoms with Gasteiger partial charge in [-0.15, -0.1) is 10.2 Å². The summed E-state index contributed by atoms with van der Waals surface area (Å²) in [6.07, 6.45) is 1.37. The number of hydrogen-bond acceptors (Lipinski definition) is 7. The van der Waals surface area contributed by atoms with Gasteiger partial charge < -0.3 is 9.47 Å². The number of carbonyl (C=O) groups excluding carboxylic acids is 1. The molecule has 0 saturated heterocycles. The molecule has 8 heteroatoms. The minimum absolute atomic E-state index is 0.0895. The third-order valence-corrected chi connectivity index (χ3v) is 6.20. The molecule has 0 saturated carbocycles. The van der Waals surface area contributed by atoms with Crippen LogP contribution in [0, 0.1) is 0 Å². The van der Waals surface area contributed by atoms with Gasteiger partial charge in [0.1, 0.15) is 5.75 Å². The van der Waals surface area contributed by atoms with Crippen LogP contribution >= 0.6 is 11.8 Å². The zero-order chi connectivity index (χ0) is 22.9. The molecule has 2 heterocycles. The van der Waals surface area contributed by atoms with Gasteiger partial charge in [0.2, 0.25) is 23.2 Å². The summed E-state index contributed by atoms with van der Waals surface area (Å²) in [5.74, 6) is 0.863. The average molecular weight is 459 g/mol. The number of hydrogen-bond donors (Lipinski definition) is 0. The predicted octanol–water partition coefficient (Wildman–Crippen LogP) is 5.26. The quantitative estimate of drug-likeness (QED) is 0.386. The highest BCUT2D eigenvalue weighted by Crippen LogP contribution is 2.46. The Morgan fingerprint density at radius 1 is 1.09 bits per heavy atom. The smallest absolute Gasteiger partial charge is 0.247 e. The van der Waals surface area contributed by atoms with E-state index in [1.54, 1.807) is 12.0 Å². The number of anilines is 1. The van der Waals surface area contributed by atoms with Crippen molar-refractivity contribution < 1.29 is 14.3 Å². The molecule has 0 N–H and O–H groups in total. The molecule has 0 bridgehead atoms. The second kappa shape index (κ2) is 8.71. The Kier molecular flexibility index (Phi) is 5.60. The number of ether oxygens (including phenoxy) is 2. The van der Waals surface area contributed by atoms with Gasteiger partial charge in [0.05, 0.1) is 18.4 Å². The van der Waals surface area contributed by atoms with Gasteiger partial charge in [0.25, 0.3) is 0 Å².